The summed E-state index contributed by atoms with van der Waals surface area (Å²) in [6.45, 7) is 0.844. The molecule has 3 N–H and O–H groups in total. The minimum atomic E-state index is -0.665. The van der Waals surface area contributed by atoms with Crippen LogP contribution in [-0.4, -0.2) is 43.3 Å². The zero-order valence-electron chi connectivity index (χ0n) is 19.3. The number of nitrogens with one attached hydrogen (secondary N) is 2. The van der Waals surface area contributed by atoms with Gasteiger partial charge in [-0.1, -0.05) is 17.7 Å². The van der Waals surface area contributed by atoms with Crippen molar-refractivity contribution in [2.75, 3.05) is 11.9 Å². The number of carbonyl (C=O) groups excluding carboxylic acids is 1. The van der Waals surface area contributed by atoms with Gasteiger partial charge in [0.2, 0.25) is 0 Å². The van der Waals surface area contributed by atoms with E-state index in [2.05, 4.69) is 25.7 Å². The predicted molar refractivity (Wildman–Crippen MR) is 128 cm³/mol. The van der Waals surface area contributed by atoms with Crippen molar-refractivity contribution in [3.05, 3.63) is 46.6 Å². The quantitative estimate of drug-likeness (QED) is 0.449. The highest BCUT2D eigenvalue weighted by molar-refractivity contribution is 6.30. The Balaban J connectivity index is 1.31. The molecule has 3 fully saturated rings. The summed E-state index contributed by atoms with van der Waals surface area (Å²) in [6.07, 6.45) is 6.08. The molecule has 3 saturated carbocycles. The van der Waals surface area contributed by atoms with E-state index in [9.17, 15) is 19.1 Å². The van der Waals surface area contributed by atoms with Gasteiger partial charge in [-0.2, -0.15) is 5.10 Å². The van der Waals surface area contributed by atoms with Gasteiger partial charge in [-0.05, 0) is 61.6 Å². The van der Waals surface area contributed by atoms with Gasteiger partial charge in [-0.25, -0.2) is 14.4 Å². The maximum absolute atomic E-state index is 13.4. The number of hydrogen-bond donors (Lipinski definition) is 3. The molecule has 2 heterocycles. The summed E-state index contributed by atoms with van der Waals surface area (Å²) >= 11 is 5.82. The number of fused-ring (bicyclic) bond motifs is 4. The minimum Gasteiger partial charge on any atom is -0.481 e. The van der Waals surface area contributed by atoms with Crippen LogP contribution in [0.3, 0.4) is 0 Å². The van der Waals surface area contributed by atoms with Crippen molar-refractivity contribution >= 4 is 40.3 Å². The Bertz CT molecular complexity index is 1300. The Hall–Kier alpha value is -3.27. The summed E-state index contributed by atoms with van der Waals surface area (Å²) in [5.74, 6) is -0.918. The number of carboxylic acids is 1. The monoisotopic (exact) mass is 500 g/mol. The number of anilines is 1. The van der Waals surface area contributed by atoms with Gasteiger partial charge in [0.05, 0.1) is 10.4 Å². The van der Waals surface area contributed by atoms with E-state index in [1.807, 2.05) is 0 Å². The average Bonchev–Trinajstić information content (AvgIpc) is 3.19. The Morgan fingerprint density at radius 3 is 2.51 bits per heavy atom. The number of carbonyl (C=O) groups is 2. The van der Waals surface area contributed by atoms with Crippen LogP contribution in [0.1, 0.15) is 54.6 Å². The highest BCUT2D eigenvalue weighted by Gasteiger charge is 2.52. The summed E-state index contributed by atoms with van der Waals surface area (Å²) in [4.78, 5) is 33.1. The van der Waals surface area contributed by atoms with Gasteiger partial charge >= 0.3 is 5.97 Å². The number of nitrogens with zero attached hydrogens (tertiary/aromatic N) is 4. The third-order valence-electron chi connectivity index (χ3n) is 7.76. The molecule has 3 aliphatic carbocycles. The van der Waals surface area contributed by atoms with E-state index in [-0.39, 0.29) is 22.7 Å². The molecule has 2 bridgehead atoms. The lowest BCUT2D eigenvalue weighted by Gasteiger charge is -2.51. The number of hydrogen-bond acceptors (Lipinski definition) is 6. The van der Waals surface area contributed by atoms with Crippen LogP contribution in [0.4, 0.5) is 10.2 Å². The fourth-order valence-corrected chi connectivity index (χ4v) is 5.60. The van der Waals surface area contributed by atoms with Crippen molar-refractivity contribution in [1.29, 1.82) is 0 Å². The second-order valence-corrected chi connectivity index (χ2v) is 10.2. The number of rotatable bonds is 7. The summed E-state index contributed by atoms with van der Waals surface area (Å²) in [6, 6.07) is 4.27. The fraction of sp³-hybridized carbons (Fsp3) is 0.458. The topological polar surface area (TPSA) is 122 Å². The first kappa shape index (κ1) is 23.5. The summed E-state index contributed by atoms with van der Waals surface area (Å²) in [7, 11) is 1.78. The molecule has 0 atom stereocenters. The highest BCUT2D eigenvalue weighted by atomic mass is 35.5. The Labute approximate surface area is 206 Å². The van der Waals surface area contributed by atoms with E-state index in [4.69, 9.17) is 11.6 Å². The first-order valence-electron chi connectivity index (χ1n) is 11.6. The largest absolute Gasteiger partial charge is 0.481 e. The molecule has 1 aromatic carbocycles. The molecule has 3 aromatic rings. The van der Waals surface area contributed by atoms with Crippen molar-refractivity contribution in [2.45, 2.75) is 45.1 Å². The number of benzene rings is 1. The predicted octanol–water partition coefficient (Wildman–Crippen LogP) is 3.92. The van der Waals surface area contributed by atoms with Crippen LogP contribution in [0, 0.1) is 16.6 Å². The molecule has 0 unspecified atom stereocenters. The number of aliphatic carboxylic acids is 1. The van der Waals surface area contributed by atoms with Crippen molar-refractivity contribution in [3.8, 4) is 0 Å². The molecule has 9 nitrogen and oxygen atoms in total. The van der Waals surface area contributed by atoms with Gasteiger partial charge in [-0.15, -0.1) is 0 Å². The van der Waals surface area contributed by atoms with Gasteiger partial charge in [0.25, 0.3) is 5.91 Å². The van der Waals surface area contributed by atoms with E-state index in [1.165, 1.54) is 18.5 Å². The SMILES string of the molecule is Cn1nc2c(C(=O)NCc3ccc(F)c(Cl)c3)ncnc2c1NCC12CCC(C(=O)O)(CC1)CC2. The van der Waals surface area contributed by atoms with Crippen molar-refractivity contribution in [3.63, 3.8) is 0 Å². The van der Waals surface area contributed by atoms with Crippen LogP contribution in [0.2, 0.25) is 5.02 Å². The third kappa shape index (κ3) is 4.20. The number of aromatic nitrogens is 4. The molecule has 0 radical (unpaired) electrons. The third-order valence-corrected chi connectivity index (χ3v) is 8.05. The van der Waals surface area contributed by atoms with Crippen LogP contribution >= 0.6 is 11.6 Å². The van der Waals surface area contributed by atoms with Gasteiger partial charge < -0.3 is 15.7 Å². The Kier molecular flexibility index (Phi) is 5.86. The van der Waals surface area contributed by atoms with Crippen molar-refractivity contribution < 1.29 is 19.1 Å². The summed E-state index contributed by atoms with van der Waals surface area (Å²) < 4.78 is 15.0. The number of halogens is 2. The van der Waals surface area contributed by atoms with Crippen LogP contribution < -0.4 is 10.6 Å². The Morgan fingerprint density at radius 1 is 1.14 bits per heavy atom. The molecular weight excluding hydrogens is 475 g/mol. The van der Waals surface area contributed by atoms with E-state index < -0.39 is 23.1 Å². The molecule has 6 rings (SSSR count). The molecule has 0 aliphatic heterocycles. The second kappa shape index (κ2) is 8.75. The van der Waals surface area contributed by atoms with Gasteiger partial charge in [0.15, 0.2) is 11.5 Å². The molecule has 2 aromatic heterocycles. The molecule has 11 heteroatoms. The van der Waals surface area contributed by atoms with E-state index >= 15 is 0 Å². The highest BCUT2D eigenvalue weighted by Crippen LogP contribution is 2.57. The second-order valence-electron chi connectivity index (χ2n) is 9.76. The van der Waals surface area contributed by atoms with Gasteiger partial charge in [0.1, 0.15) is 23.2 Å². The lowest BCUT2D eigenvalue weighted by Crippen LogP contribution is -2.48. The molecule has 184 valence electrons. The van der Waals surface area contributed by atoms with Gasteiger partial charge in [0, 0.05) is 20.1 Å². The van der Waals surface area contributed by atoms with Crippen LogP contribution in [-0.2, 0) is 18.4 Å². The van der Waals surface area contributed by atoms with Crippen LogP contribution in [0.15, 0.2) is 24.5 Å². The lowest BCUT2D eigenvalue weighted by atomic mass is 9.53. The smallest absolute Gasteiger partial charge is 0.309 e. The fourth-order valence-electron chi connectivity index (χ4n) is 5.40. The molecule has 1 amide bonds. The van der Waals surface area contributed by atoms with E-state index in [1.54, 1.807) is 17.8 Å². The first-order valence-corrected chi connectivity index (χ1v) is 12.0. The maximum atomic E-state index is 13.4. The van der Waals surface area contributed by atoms with Gasteiger partial charge in [-0.3, -0.25) is 14.3 Å². The summed E-state index contributed by atoms with van der Waals surface area (Å²) in [5, 5.41) is 20.4. The maximum Gasteiger partial charge on any atom is 0.309 e. The Morgan fingerprint density at radius 2 is 1.86 bits per heavy atom. The van der Waals surface area contributed by atoms with Crippen LogP contribution in [0.25, 0.3) is 11.0 Å². The van der Waals surface area contributed by atoms with E-state index in [0.717, 1.165) is 19.3 Å². The zero-order valence-corrected chi connectivity index (χ0v) is 20.0. The number of aryl methyl sites for hydroxylation is 1. The molecule has 3 aliphatic rings. The minimum absolute atomic E-state index is 0.00864. The number of amides is 1. The molecule has 35 heavy (non-hydrogen) atoms. The zero-order chi connectivity index (χ0) is 24.8. The molecule has 0 saturated heterocycles. The summed E-state index contributed by atoms with van der Waals surface area (Å²) in [5.41, 5.74) is 1.23. The van der Waals surface area contributed by atoms with Crippen molar-refractivity contribution in [2.24, 2.45) is 17.9 Å². The number of carboxylic acid groups (broad SMARTS) is 1. The van der Waals surface area contributed by atoms with Crippen LogP contribution in [0.5, 0.6) is 0 Å². The van der Waals surface area contributed by atoms with Crippen molar-refractivity contribution in [1.82, 2.24) is 25.1 Å². The van der Waals surface area contributed by atoms with E-state index in [0.29, 0.717) is 48.2 Å². The first-order chi connectivity index (χ1) is 16.7. The standard InChI is InChI=1S/C24H26ClFN6O3/c1-32-20(28-12-23-4-7-24(8-5-23,9-6-23)22(34)35)18-17(31-32)19(30-13-29-18)21(33)27-11-14-2-3-16(26)15(25)10-14/h2-3,10,13,28H,4-9,11-12H2,1H3,(H,27,33)(H,34,35). The molecular formula is C24H26ClFN6O3. The average molecular weight is 501 g/mol. The lowest BCUT2D eigenvalue weighted by molar-refractivity contribution is -0.158. The normalized spacial score (nSPS) is 23.4. The molecule has 0 spiro atoms.